The average Bonchev–Trinajstić information content (AvgIpc) is 2.38. The van der Waals surface area contributed by atoms with E-state index in [-0.39, 0.29) is 11.6 Å². The zero-order valence-corrected chi connectivity index (χ0v) is 12.0. The van der Waals surface area contributed by atoms with Crippen LogP contribution < -0.4 is 4.90 Å². The summed E-state index contributed by atoms with van der Waals surface area (Å²) in [7, 11) is 1.64. The van der Waals surface area contributed by atoms with Gasteiger partial charge in [0.25, 0.3) is 0 Å². The molecule has 0 aliphatic carbocycles. The predicted molar refractivity (Wildman–Crippen MR) is 74.9 cm³/mol. The molecule has 0 saturated heterocycles. The Hall–Kier alpha value is -1.62. The molecule has 0 fully saturated rings. The van der Waals surface area contributed by atoms with E-state index in [4.69, 9.17) is 4.74 Å². The Labute approximate surface area is 114 Å². The van der Waals surface area contributed by atoms with Gasteiger partial charge in [-0.1, -0.05) is 6.92 Å². The van der Waals surface area contributed by atoms with E-state index in [1.54, 1.807) is 7.11 Å². The number of carboxylic acid groups (broad SMARTS) is 1. The van der Waals surface area contributed by atoms with E-state index in [1.165, 1.54) is 6.20 Å². The molecule has 0 saturated carbocycles. The first-order valence-electron chi connectivity index (χ1n) is 6.46. The molecule has 5 heteroatoms. The number of methoxy groups -OCH3 is 1. The van der Waals surface area contributed by atoms with Crippen molar-refractivity contribution < 1.29 is 14.6 Å². The largest absolute Gasteiger partial charge is 0.478 e. The van der Waals surface area contributed by atoms with E-state index < -0.39 is 5.97 Å². The van der Waals surface area contributed by atoms with Gasteiger partial charge in [0, 0.05) is 31.6 Å². The number of hydrogen-bond acceptors (Lipinski definition) is 4. The highest BCUT2D eigenvalue weighted by atomic mass is 16.5. The first kappa shape index (κ1) is 15.4. The smallest absolute Gasteiger partial charge is 0.339 e. The van der Waals surface area contributed by atoms with E-state index in [0.29, 0.717) is 18.8 Å². The van der Waals surface area contributed by atoms with E-state index in [1.807, 2.05) is 13.0 Å². The third-order valence-electron chi connectivity index (χ3n) is 3.22. The summed E-state index contributed by atoms with van der Waals surface area (Å²) in [5.41, 5.74) is 1.76. The molecule has 0 bridgehead atoms. The van der Waals surface area contributed by atoms with Crippen LogP contribution >= 0.6 is 0 Å². The van der Waals surface area contributed by atoms with Gasteiger partial charge in [0.1, 0.15) is 5.56 Å². The van der Waals surface area contributed by atoms with E-state index in [2.05, 4.69) is 23.7 Å². The van der Waals surface area contributed by atoms with Gasteiger partial charge in [-0.25, -0.2) is 4.79 Å². The molecule has 106 valence electrons. The lowest BCUT2D eigenvalue weighted by molar-refractivity contribution is 0.0697. The number of ether oxygens (including phenoxy) is 1. The van der Waals surface area contributed by atoms with Crippen LogP contribution in [0.2, 0.25) is 0 Å². The molecule has 1 rings (SSSR count). The number of hydrogen-bond donors (Lipinski definition) is 1. The van der Waals surface area contributed by atoms with Crippen LogP contribution in [-0.2, 0) is 4.74 Å². The fraction of sp³-hybridized carbons (Fsp3) is 0.571. The number of anilines is 1. The number of carbonyl (C=O) groups is 1. The molecule has 1 heterocycles. The highest BCUT2D eigenvalue weighted by Crippen LogP contribution is 2.24. The lowest BCUT2D eigenvalue weighted by atomic mass is 10.1. The summed E-state index contributed by atoms with van der Waals surface area (Å²) in [6, 6.07) is 2.07. The van der Waals surface area contributed by atoms with Crippen LogP contribution in [0.15, 0.2) is 12.3 Å². The summed E-state index contributed by atoms with van der Waals surface area (Å²) in [5.74, 6) is -0.951. The van der Waals surface area contributed by atoms with Gasteiger partial charge in [-0.05, 0) is 26.3 Å². The summed E-state index contributed by atoms with van der Waals surface area (Å²) in [4.78, 5) is 17.5. The number of pyridine rings is 1. The number of nitrogens with zero attached hydrogens (tertiary/aromatic N) is 2. The maximum absolute atomic E-state index is 11.3. The van der Waals surface area contributed by atoms with Gasteiger partial charge in [-0.3, -0.25) is 4.98 Å². The number of aromatic nitrogens is 1. The van der Waals surface area contributed by atoms with Crippen molar-refractivity contribution in [1.82, 2.24) is 4.98 Å². The second-order valence-electron chi connectivity index (χ2n) is 4.59. The fourth-order valence-corrected chi connectivity index (χ4v) is 1.94. The van der Waals surface area contributed by atoms with Crippen LogP contribution in [0.5, 0.6) is 0 Å². The zero-order valence-electron chi connectivity index (χ0n) is 12.0. The minimum Gasteiger partial charge on any atom is -0.478 e. The van der Waals surface area contributed by atoms with Crippen molar-refractivity contribution in [3.8, 4) is 0 Å². The van der Waals surface area contributed by atoms with Gasteiger partial charge in [-0.2, -0.15) is 0 Å². The van der Waals surface area contributed by atoms with Crippen molar-refractivity contribution >= 4 is 11.7 Å². The number of carboxylic acids is 1. The van der Waals surface area contributed by atoms with Gasteiger partial charge in [0.15, 0.2) is 0 Å². The average molecular weight is 266 g/mol. The fourth-order valence-electron chi connectivity index (χ4n) is 1.94. The SMILES string of the molecule is CCC(C)N(CCOC)c1cc(C)ncc1C(=O)O. The van der Waals surface area contributed by atoms with Gasteiger partial charge in [0.2, 0.25) is 0 Å². The molecule has 5 nitrogen and oxygen atoms in total. The second-order valence-corrected chi connectivity index (χ2v) is 4.59. The minimum atomic E-state index is -0.951. The Morgan fingerprint density at radius 3 is 2.79 bits per heavy atom. The quantitative estimate of drug-likeness (QED) is 0.820. The monoisotopic (exact) mass is 266 g/mol. The Balaban J connectivity index is 3.19. The molecular weight excluding hydrogens is 244 g/mol. The third kappa shape index (κ3) is 3.92. The summed E-state index contributed by atoms with van der Waals surface area (Å²) >= 11 is 0. The van der Waals surface area contributed by atoms with Crippen molar-refractivity contribution in [2.75, 3.05) is 25.2 Å². The lowest BCUT2D eigenvalue weighted by Crippen LogP contribution is -2.36. The van der Waals surface area contributed by atoms with Crippen LogP contribution in [0.4, 0.5) is 5.69 Å². The highest BCUT2D eigenvalue weighted by molar-refractivity contribution is 5.94. The van der Waals surface area contributed by atoms with E-state index in [0.717, 1.165) is 12.1 Å². The summed E-state index contributed by atoms with van der Waals surface area (Å²) in [6.45, 7) is 7.25. The summed E-state index contributed by atoms with van der Waals surface area (Å²) < 4.78 is 5.11. The molecule has 1 N–H and O–H groups in total. The normalized spacial score (nSPS) is 12.2. The zero-order chi connectivity index (χ0) is 14.4. The van der Waals surface area contributed by atoms with E-state index in [9.17, 15) is 9.90 Å². The molecule has 1 aromatic heterocycles. The van der Waals surface area contributed by atoms with E-state index >= 15 is 0 Å². The maximum Gasteiger partial charge on any atom is 0.339 e. The molecule has 0 radical (unpaired) electrons. The Kier molecular flexibility index (Phi) is 5.76. The standard InChI is InChI=1S/C14H22N2O3/c1-5-11(3)16(6-7-19-4)13-8-10(2)15-9-12(13)14(17)18/h8-9,11H,5-7H2,1-4H3,(H,17,18). The van der Waals surface area contributed by atoms with Crippen molar-refractivity contribution in [3.05, 3.63) is 23.5 Å². The number of aromatic carboxylic acids is 1. The van der Waals surface area contributed by atoms with Crippen LogP contribution in [0.3, 0.4) is 0 Å². The van der Waals surface area contributed by atoms with Crippen LogP contribution in [0, 0.1) is 6.92 Å². The van der Waals surface area contributed by atoms with Crippen molar-refractivity contribution in [2.24, 2.45) is 0 Å². The van der Waals surface area contributed by atoms with Crippen LogP contribution in [0.1, 0.15) is 36.3 Å². The minimum absolute atomic E-state index is 0.238. The number of aryl methyl sites for hydroxylation is 1. The van der Waals surface area contributed by atoms with Gasteiger partial charge < -0.3 is 14.7 Å². The lowest BCUT2D eigenvalue weighted by Gasteiger charge is -2.31. The first-order valence-corrected chi connectivity index (χ1v) is 6.46. The first-order chi connectivity index (χ1) is 9.01. The van der Waals surface area contributed by atoms with Gasteiger partial charge in [-0.15, -0.1) is 0 Å². The third-order valence-corrected chi connectivity index (χ3v) is 3.22. The van der Waals surface area contributed by atoms with Crippen LogP contribution in [-0.4, -0.2) is 42.4 Å². The Morgan fingerprint density at radius 1 is 1.58 bits per heavy atom. The molecule has 1 unspecified atom stereocenters. The molecule has 0 aliphatic heterocycles. The van der Waals surface area contributed by atoms with Gasteiger partial charge >= 0.3 is 5.97 Å². The summed E-state index contributed by atoms with van der Waals surface area (Å²) in [5, 5.41) is 9.29. The topological polar surface area (TPSA) is 62.7 Å². The Morgan fingerprint density at radius 2 is 2.26 bits per heavy atom. The van der Waals surface area contributed by atoms with Crippen molar-refractivity contribution in [2.45, 2.75) is 33.2 Å². The molecule has 19 heavy (non-hydrogen) atoms. The molecule has 0 aliphatic rings. The summed E-state index contributed by atoms with van der Waals surface area (Å²) in [6.07, 6.45) is 2.36. The predicted octanol–water partition coefficient (Wildman–Crippen LogP) is 2.34. The van der Waals surface area contributed by atoms with Gasteiger partial charge in [0.05, 0.1) is 12.3 Å². The Bertz CT molecular complexity index is 435. The molecule has 0 aromatic carbocycles. The maximum atomic E-state index is 11.3. The highest BCUT2D eigenvalue weighted by Gasteiger charge is 2.20. The molecule has 0 amide bonds. The molecule has 1 atom stereocenters. The van der Waals surface area contributed by atoms with Crippen molar-refractivity contribution in [1.29, 1.82) is 0 Å². The molecular formula is C14H22N2O3. The second kappa shape index (κ2) is 7.09. The van der Waals surface area contributed by atoms with Crippen molar-refractivity contribution in [3.63, 3.8) is 0 Å². The molecule has 0 spiro atoms. The molecule has 1 aromatic rings. The number of rotatable bonds is 7. The van der Waals surface area contributed by atoms with Crippen LogP contribution in [0.25, 0.3) is 0 Å².